The van der Waals surface area contributed by atoms with Gasteiger partial charge in [-0.25, -0.2) is 8.78 Å². The molecule has 1 fully saturated rings. The van der Waals surface area contributed by atoms with Gasteiger partial charge in [0.2, 0.25) is 5.91 Å². The summed E-state index contributed by atoms with van der Waals surface area (Å²) in [5.74, 6) is -1.55. The SMILES string of the molecule is CC/C(F)=C(F)\C=C1\CCC(C(N)CC(=O)NCC[C@@H](O)CC)C1. The average Bonchev–Trinajstić information content (AvgIpc) is 3.02. The zero-order valence-electron chi connectivity index (χ0n) is 14.7. The number of hydrogen-bond donors (Lipinski definition) is 3. The molecule has 2 unspecified atom stereocenters. The van der Waals surface area contributed by atoms with Crippen molar-refractivity contribution in [3.63, 3.8) is 0 Å². The zero-order valence-corrected chi connectivity index (χ0v) is 14.7. The van der Waals surface area contributed by atoms with E-state index in [-0.39, 0.29) is 30.7 Å². The summed E-state index contributed by atoms with van der Waals surface area (Å²) in [5.41, 5.74) is 6.95. The van der Waals surface area contributed by atoms with E-state index < -0.39 is 17.8 Å². The summed E-state index contributed by atoms with van der Waals surface area (Å²) in [6.07, 6.45) is 4.41. The van der Waals surface area contributed by atoms with E-state index in [1.54, 1.807) is 6.92 Å². The van der Waals surface area contributed by atoms with Crippen LogP contribution in [0.4, 0.5) is 8.78 Å². The van der Waals surface area contributed by atoms with Gasteiger partial charge >= 0.3 is 0 Å². The van der Waals surface area contributed by atoms with Crippen molar-refractivity contribution in [3.05, 3.63) is 23.3 Å². The zero-order chi connectivity index (χ0) is 18.1. The number of allylic oxidation sites excluding steroid dienone is 4. The number of halogens is 2. The maximum Gasteiger partial charge on any atom is 0.221 e. The quantitative estimate of drug-likeness (QED) is 0.601. The molecule has 0 spiro atoms. The summed E-state index contributed by atoms with van der Waals surface area (Å²) in [5, 5.41) is 12.2. The summed E-state index contributed by atoms with van der Waals surface area (Å²) in [7, 11) is 0. The lowest BCUT2D eigenvalue weighted by atomic mass is 9.95. The summed E-state index contributed by atoms with van der Waals surface area (Å²) in [6.45, 7) is 3.89. The van der Waals surface area contributed by atoms with E-state index in [0.29, 0.717) is 32.2 Å². The van der Waals surface area contributed by atoms with Crippen LogP contribution in [0.2, 0.25) is 0 Å². The molecule has 1 amide bonds. The first-order valence-electron chi connectivity index (χ1n) is 8.81. The third-order valence-corrected chi connectivity index (χ3v) is 4.56. The van der Waals surface area contributed by atoms with Crippen molar-refractivity contribution < 1.29 is 18.7 Å². The molecule has 1 aliphatic rings. The molecule has 4 nitrogen and oxygen atoms in total. The first kappa shape index (κ1) is 20.8. The highest BCUT2D eigenvalue weighted by atomic mass is 19.2. The first-order valence-corrected chi connectivity index (χ1v) is 8.81. The summed E-state index contributed by atoms with van der Waals surface area (Å²) in [4.78, 5) is 11.9. The number of aliphatic hydroxyl groups excluding tert-OH is 1. The second-order valence-corrected chi connectivity index (χ2v) is 6.48. The number of nitrogens with one attached hydrogen (secondary N) is 1. The Hall–Kier alpha value is -1.27. The molecule has 1 aliphatic carbocycles. The average molecular weight is 344 g/mol. The van der Waals surface area contributed by atoms with Crippen molar-refractivity contribution in [1.82, 2.24) is 5.32 Å². The minimum absolute atomic E-state index is 0.0471. The summed E-state index contributed by atoms with van der Waals surface area (Å²) < 4.78 is 26.7. The minimum atomic E-state index is -0.797. The maximum absolute atomic E-state index is 13.5. The lowest BCUT2D eigenvalue weighted by molar-refractivity contribution is -0.121. The molecule has 0 aromatic rings. The highest BCUT2D eigenvalue weighted by Gasteiger charge is 2.27. The van der Waals surface area contributed by atoms with Crippen LogP contribution in [-0.4, -0.2) is 29.7 Å². The number of hydrogen-bond acceptors (Lipinski definition) is 3. The molecular weight excluding hydrogens is 314 g/mol. The molecule has 0 bridgehead atoms. The molecule has 0 radical (unpaired) electrons. The largest absolute Gasteiger partial charge is 0.393 e. The number of carbonyl (C=O) groups is 1. The van der Waals surface area contributed by atoms with Gasteiger partial charge in [-0.05, 0) is 50.5 Å². The Morgan fingerprint density at radius 3 is 2.79 bits per heavy atom. The molecule has 0 aromatic carbocycles. The molecule has 6 heteroatoms. The Labute approximate surface area is 143 Å². The molecule has 138 valence electrons. The Bertz CT molecular complexity index is 478. The molecule has 0 heterocycles. The van der Waals surface area contributed by atoms with Crippen LogP contribution in [0, 0.1) is 5.92 Å². The molecular formula is C18H30F2N2O2. The number of amides is 1. The van der Waals surface area contributed by atoms with Crippen molar-refractivity contribution in [2.75, 3.05) is 6.54 Å². The van der Waals surface area contributed by atoms with Gasteiger partial charge in [-0.2, -0.15) is 0 Å². The second-order valence-electron chi connectivity index (χ2n) is 6.48. The number of nitrogens with two attached hydrogens (primary N) is 1. The fourth-order valence-corrected chi connectivity index (χ4v) is 2.87. The van der Waals surface area contributed by atoms with Gasteiger partial charge in [0.25, 0.3) is 0 Å². The van der Waals surface area contributed by atoms with Crippen LogP contribution < -0.4 is 11.1 Å². The van der Waals surface area contributed by atoms with Crippen molar-refractivity contribution in [2.45, 2.75) is 70.9 Å². The Morgan fingerprint density at radius 1 is 1.46 bits per heavy atom. The Morgan fingerprint density at radius 2 is 2.17 bits per heavy atom. The summed E-state index contributed by atoms with van der Waals surface area (Å²) in [6, 6.07) is -0.296. The molecule has 4 N–H and O–H groups in total. The minimum Gasteiger partial charge on any atom is -0.393 e. The predicted octanol–water partition coefficient (Wildman–Crippen LogP) is 3.27. The summed E-state index contributed by atoms with van der Waals surface area (Å²) >= 11 is 0. The van der Waals surface area contributed by atoms with Gasteiger partial charge in [0.15, 0.2) is 5.83 Å². The van der Waals surface area contributed by atoms with Crippen molar-refractivity contribution in [2.24, 2.45) is 11.7 Å². The van der Waals surface area contributed by atoms with E-state index in [4.69, 9.17) is 5.73 Å². The third kappa shape index (κ3) is 7.09. The van der Waals surface area contributed by atoms with E-state index in [1.807, 2.05) is 6.92 Å². The monoisotopic (exact) mass is 344 g/mol. The number of carbonyl (C=O) groups excluding carboxylic acids is 1. The Balaban J connectivity index is 2.40. The topological polar surface area (TPSA) is 75.4 Å². The lowest BCUT2D eigenvalue weighted by Crippen LogP contribution is -2.36. The van der Waals surface area contributed by atoms with Crippen LogP contribution in [0.15, 0.2) is 23.3 Å². The van der Waals surface area contributed by atoms with Gasteiger partial charge in [0.05, 0.1) is 6.10 Å². The van der Waals surface area contributed by atoms with Gasteiger partial charge in [0, 0.05) is 19.0 Å². The molecule has 0 saturated heterocycles. The van der Waals surface area contributed by atoms with Crippen LogP contribution in [-0.2, 0) is 4.79 Å². The highest BCUT2D eigenvalue weighted by Crippen LogP contribution is 2.34. The lowest BCUT2D eigenvalue weighted by Gasteiger charge is -2.18. The van der Waals surface area contributed by atoms with Crippen LogP contribution in [0.1, 0.15) is 58.8 Å². The number of rotatable bonds is 9. The normalized spacial score (nSPS) is 23.1. The molecule has 3 atom stereocenters. The third-order valence-electron chi connectivity index (χ3n) is 4.56. The molecule has 1 rings (SSSR count). The van der Waals surface area contributed by atoms with Gasteiger partial charge < -0.3 is 16.2 Å². The van der Waals surface area contributed by atoms with Crippen LogP contribution in [0.3, 0.4) is 0 Å². The van der Waals surface area contributed by atoms with Crippen LogP contribution >= 0.6 is 0 Å². The number of aliphatic hydroxyl groups is 1. The van der Waals surface area contributed by atoms with Gasteiger partial charge in [-0.3, -0.25) is 4.79 Å². The van der Waals surface area contributed by atoms with E-state index >= 15 is 0 Å². The molecule has 0 aliphatic heterocycles. The molecule has 0 aromatic heterocycles. The van der Waals surface area contributed by atoms with E-state index in [0.717, 1.165) is 12.0 Å². The van der Waals surface area contributed by atoms with Crippen molar-refractivity contribution in [1.29, 1.82) is 0 Å². The van der Waals surface area contributed by atoms with Crippen LogP contribution in [0.25, 0.3) is 0 Å². The first-order chi connectivity index (χ1) is 11.4. The van der Waals surface area contributed by atoms with E-state index in [9.17, 15) is 18.7 Å². The Kier molecular flexibility index (Phi) is 9.14. The van der Waals surface area contributed by atoms with Crippen LogP contribution in [0.5, 0.6) is 0 Å². The van der Waals surface area contributed by atoms with Gasteiger partial charge in [-0.15, -0.1) is 0 Å². The predicted molar refractivity (Wildman–Crippen MR) is 91.5 cm³/mol. The fraction of sp³-hybridized carbons (Fsp3) is 0.722. The second kappa shape index (κ2) is 10.6. The smallest absolute Gasteiger partial charge is 0.221 e. The van der Waals surface area contributed by atoms with Crippen molar-refractivity contribution in [3.8, 4) is 0 Å². The molecule has 24 heavy (non-hydrogen) atoms. The molecule has 1 saturated carbocycles. The highest BCUT2D eigenvalue weighted by molar-refractivity contribution is 5.76. The van der Waals surface area contributed by atoms with E-state index in [1.165, 1.54) is 6.08 Å². The van der Waals surface area contributed by atoms with E-state index in [2.05, 4.69) is 5.32 Å². The maximum atomic E-state index is 13.5. The van der Waals surface area contributed by atoms with Gasteiger partial charge in [0.1, 0.15) is 5.83 Å². The fourth-order valence-electron chi connectivity index (χ4n) is 2.87. The van der Waals surface area contributed by atoms with Crippen molar-refractivity contribution >= 4 is 5.91 Å². The van der Waals surface area contributed by atoms with Gasteiger partial charge in [-0.1, -0.05) is 19.4 Å². The standard InChI is InChI=1S/C18H30F2N2O2/c1-3-14(23)7-8-22-18(24)11-17(21)13-6-5-12(9-13)10-16(20)15(19)4-2/h10,13-14,17,23H,3-9,11,21H2,1-2H3,(H,22,24)/b12-10-,16-15-/t13?,14-,17?/m0/s1.